The monoisotopic (exact) mass is 203 g/mol. The first-order chi connectivity index (χ1) is 7.13. The Morgan fingerprint density at radius 3 is 2.47 bits per heavy atom. The minimum absolute atomic E-state index is 0.0393. The van der Waals surface area contributed by atoms with Gasteiger partial charge in [-0.15, -0.1) is 0 Å². The van der Waals surface area contributed by atoms with Gasteiger partial charge in [0.25, 0.3) is 0 Å². The molecule has 15 heavy (non-hydrogen) atoms. The lowest BCUT2D eigenvalue weighted by Gasteiger charge is -2.07. The average molecular weight is 203 g/mol. The zero-order chi connectivity index (χ0) is 11.3. The molecule has 80 valence electrons. The van der Waals surface area contributed by atoms with Crippen LogP contribution in [-0.4, -0.2) is 5.91 Å². The van der Waals surface area contributed by atoms with Crippen molar-refractivity contribution in [3.8, 4) is 0 Å². The van der Waals surface area contributed by atoms with Gasteiger partial charge in [0.05, 0.1) is 0 Å². The topological polar surface area (TPSA) is 29.1 Å². The summed E-state index contributed by atoms with van der Waals surface area (Å²) in [6.07, 6.45) is 1.80. The van der Waals surface area contributed by atoms with E-state index in [9.17, 15) is 4.79 Å². The molecule has 1 rings (SSSR count). The van der Waals surface area contributed by atoms with E-state index in [1.54, 1.807) is 6.08 Å². The van der Waals surface area contributed by atoms with Crippen LogP contribution in [0.2, 0.25) is 0 Å². The second kappa shape index (κ2) is 5.35. The Kier molecular flexibility index (Phi) is 4.10. The van der Waals surface area contributed by atoms with E-state index in [1.165, 1.54) is 0 Å². The molecule has 0 bridgehead atoms. The molecule has 1 N–H and O–H groups in total. The number of nitrogens with one attached hydrogen (secondary N) is 1. The van der Waals surface area contributed by atoms with Crippen LogP contribution in [0.3, 0.4) is 0 Å². The maximum absolute atomic E-state index is 11.3. The summed E-state index contributed by atoms with van der Waals surface area (Å²) in [5.41, 5.74) is 2.20. The normalized spacial score (nSPS) is 10.1. The summed E-state index contributed by atoms with van der Waals surface area (Å²) in [4.78, 5) is 11.3. The molecule has 1 aromatic carbocycles. The highest BCUT2D eigenvalue weighted by Gasteiger charge is 2.05. The Labute approximate surface area is 91.0 Å². The lowest BCUT2D eigenvalue weighted by atomic mass is 10.1. The number of carbonyl (C=O) groups excluding carboxylic acids is 1. The van der Waals surface area contributed by atoms with Crippen LogP contribution < -0.4 is 5.32 Å². The highest BCUT2D eigenvalue weighted by Crippen LogP contribution is 2.05. The van der Waals surface area contributed by atoms with E-state index in [0.717, 1.165) is 11.1 Å². The first-order valence-electron chi connectivity index (χ1n) is 5.12. The van der Waals surface area contributed by atoms with E-state index in [1.807, 2.05) is 38.1 Å². The van der Waals surface area contributed by atoms with Crippen molar-refractivity contribution in [2.75, 3.05) is 0 Å². The van der Waals surface area contributed by atoms with Crippen molar-refractivity contribution < 1.29 is 4.79 Å². The van der Waals surface area contributed by atoms with E-state index >= 15 is 0 Å². The minimum Gasteiger partial charge on any atom is -0.352 e. The van der Waals surface area contributed by atoms with E-state index in [2.05, 4.69) is 11.9 Å². The Bertz CT molecular complexity index is 338. The van der Waals surface area contributed by atoms with Gasteiger partial charge < -0.3 is 5.32 Å². The van der Waals surface area contributed by atoms with Gasteiger partial charge in [-0.2, -0.15) is 0 Å². The van der Waals surface area contributed by atoms with Crippen molar-refractivity contribution in [2.24, 2.45) is 5.92 Å². The van der Waals surface area contributed by atoms with Crippen molar-refractivity contribution in [3.05, 3.63) is 42.0 Å². The second-order valence-corrected chi connectivity index (χ2v) is 3.82. The SMILES string of the molecule is C=Cc1ccc(CNC(=O)C(C)C)cc1. The predicted molar refractivity (Wildman–Crippen MR) is 63.2 cm³/mol. The molecule has 0 aromatic heterocycles. The maximum Gasteiger partial charge on any atom is 0.222 e. The zero-order valence-corrected chi connectivity index (χ0v) is 9.29. The van der Waals surface area contributed by atoms with Gasteiger partial charge in [0.2, 0.25) is 5.91 Å². The number of amides is 1. The van der Waals surface area contributed by atoms with E-state index in [4.69, 9.17) is 0 Å². The molecule has 2 nitrogen and oxygen atoms in total. The van der Waals surface area contributed by atoms with Crippen molar-refractivity contribution >= 4 is 12.0 Å². The zero-order valence-electron chi connectivity index (χ0n) is 9.29. The molecule has 0 aliphatic carbocycles. The van der Waals surface area contributed by atoms with E-state index < -0.39 is 0 Å². The van der Waals surface area contributed by atoms with Crippen LogP contribution >= 0.6 is 0 Å². The Morgan fingerprint density at radius 1 is 1.40 bits per heavy atom. The fraction of sp³-hybridized carbons (Fsp3) is 0.308. The number of benzene rings is 1. The summed E-state index contributed by atoms with van der Waals surface area (Å²) in [6, 6.07) is 7.98. The molecule has 2 heteroatoms. The number of carbonyl (C=O) groups is 1. The number of hydrogen-bond donors (Lipinski definition) is 1. The molecule has 0 aliphatic heterocycles. The molecular formula is C13H17NO. The largest absolute Gasteiger partial charge is 0.352 e. The van der Waals surface area contributed by atoms with Gasteiger partial charge in [0.15, 0.2) is 0 Å². The number of hydrogen-bond acceptors (Lipinski definition) is 1. The quantitative estimate of drug-likeness (QED) is 0.800. The maximum atomic E-state index is 11.3. The molecule has 1 amide bonds. The van der Waals surface area contributed by atoms with Gasteiger partial charge in [0, 0.05) is 12.5 Å². The fourth-order valence-corrected chi connectivity index (χ4v) is 1.16. The van der Waals surface area contributed by atoms with Crippen LogP contribution in [0.5, 0.6) is 0 Å². The molecule has 0 spiro atoms. The van der Waals surface area contributed by atoms with Gasteiger partial charge in [-0.1, -0.05) is 50.8 Å². The smallest absolute Gasteiger partial charge is 0.222 e. The molecule has 0 radical (unpaired) electrons. The van der Waals surface area contributed by atoms with Gasteiger partial charge in [-0.25, -0.2) is 0 Å². The van der Waals surface area contributed by atoms with Crippen LogP contribution in [0.25, 0.3) is 6.08 Å². The predicted octanol–water partition coefficient (Wildman–Crippen LogP) is 2.60. The number of rotatable bonds is 4. The molecule has 0 atom stereocenters. The van der Waals surface area contributed by atoms with Crippen LogP contribution in [-0.2, 0) is 11.3 Å². The van der Waals surface area contributed by atoms with Crippen molar-refractivity contribution in [2.45, 2.75) is 20.4 Å². The van der Waals surface area contributed by atoms with Gasteiger partial charge in [-0.3, -0.25) is 4.79 Å². The summed E-state index contributed by atoms with van der Waals surface area (Å²) in [5.74, 6) is 0.125. The summed E-state index contributed by atoms with van der Waals surface area (Å²) in [5, 5.41) is 2.87. The minimum atomic E-state index is 0.0393. The van der Waals surface area contributed by atoms with Crippen molar-refractivity contribution in [3.63, 3.8) is 0 Å². The first-order valence-corrected chi connectivity index (χ1v) is 5.12. The second-order valence-electron chi connectivity index (χ2n) is 3.82. The van der Waals surface area contributed by atoms with Crippen LogP contribution in [0.4, 0.5) is 0 Å². The van der Waals surface area contributed by atoms with Gasteiger partial charge in [0.1, 0.15) is 0 Å². The molecule has 0 heterocycles. The Morgan fingerprint density at radius 2 is 2.00 bits per heavy atom. The molecule has 0 saturated heterocycles. The van der Waals surface area contributed by atoms with E-state index in [0.29, 0.717) is 6.54 Å². The average Bonchev–Trinajstić information content (AvgIpc) is 2.26. The molecule has 1 aromatic rings. The summed E-state index contributed by atoms with van der Waals surface area (Å²) < 4.78 is 0. The standard InChI is InChI=1S/C13H17NO/c1-4-11-5-7-12(8-6-11)9-14-13(15)10(2)3/h4-8,10H,1,9H2,2-3H3,(H,14,15). The van der Waals surface area contributed by atoms with E-state index in [-0.39, 0.29) is 11.8 Å². The third-order valence-electron chi connectivity index (χ3n) is 2.21. The molecular weight excluding hydrogens is 186 g/mol. The lowest BCUT2D eigenvalue weighted by molar-refractivity contribution is -0.124. The fourth-order valence-electron chi connectivity index (χ4n) is 1.16. The van der Waals surface area contributed by atoms with Crippen molar-refractivity contribution in [1.29, 1.82) is 0 Å². The summed E-state index contributed by atoms with van der Waals surface area (Å²) in [7, 11) is 0. The Hall–Kier alpha value is -1.57. The third-order valence-corrected chi connectivity index (χ3v) is 2.21. The molecule has 0 aliphatic rings. The first kappa shape index (κ1) is 11.5. The highest BCUT2D eigenvalue weighted by atomic mass is 16.1. The summed E-state index contributed by atoms with van der Waals surface area (Å²) in [6.45, 7) is 8.05. The molecule has 0 fully saturated rings. The van der Waals surface area contributed by atoms with Crippen molar-refractivity contribution in [1.82, 2.24) is 5.32 Å². The van der Waals surface area contributed by atoms with Gasteiger partial charge in [-0.05, 0) is 11.1 Å². The summed E-state index contributed by atoms with van der Waals surface area (Å²) >= 11 is 0. The third kappa shape index (κ3) is 3.58. The highest BCUT2D eigenvalue weighted by molar-refractivity contribution is 5.77. The Balaban J connectivity index is 2.51. The van der Waals surface area contributed by atoms with Gasteiger partial charge >= 0.3 is 0 Å². The van der Waals surface area contributed by atoms with Crippen LogP contribution in [0, 0.1) is 5.92 Å². The van der Waals surface area contributed by atoms with Crippen LogP contribution in [0.15, 0.2) is 30.8 Å². The lowest BCUT2D eigenvalue weighted by Crippen LogP contribution is -2.27. The van der Waals surface area contributed by atoms with Crippen LogP contribution in [0.1, 0.15) is 25.0 Å². The molecule has 0 saturated carbocycles. The molecule has 0 unspecified atom stereocenters.